The molecule has 1 saturated heterocycles. The summed E-state index contributed by atoms with van der Waals surface area (Å²) in [5.41, 5.74) is 0. The molecule has 1 heterocycles. The SMILES string of the molecule is CCCC[C@@H](O)CCCN1CCN(CC)CC1. The highest BCUT2D eigenvalue weighted by Gasteiger charge is 2.15. The average molecular weight is 242 g/mol. The number of unbranched alkanes of at least 4 members (excludes halogenated alkanes) is 1. The van der Waals surface area contributed by atoms with Crippen LogP contribution in [0.3, 0.4) is 0 Å². The molecule has 0 aliphatic carbocycles. The summed E-state index contributed by atoms with van der Waals surface area (Å²) in [6.07, 6.45) is 5.41. The molecule has 0 aromatic rings. The summed E-state index contributed by atoms with van der Waals surface area (Å²) in [6.45, 7) is 11.6. The molecule has 1 aliphatic heterocycles. The predicted octanol–water partition coefficient (Wildman–Crippen LogP) is 1.96. The van der Waals surface area contributed by atoms with Gasteiger partial charge in [0.25, 0.3) is 0 Å². The third-order valence-electron chi connectivity index (χ3n) is 3.81. The molecule has 3 heteroatoms. The van der Waals surface area contributed by atoms with Gasteiger partial charge in [0.1, 0.15) is 0 Å². The van der Waals surface area contributed by atoms with Crippen molar-refractivity contribution in [2.45, 2.75) is 52.1 Å². The second-order valence-corrected chi connectivity index (χ2v) is 5.21. The molecule has 0 bridgehead atoms. The molecule has 0 saturated carbocycles. The normalized spacial score (nSPS) is 20.6. The van der Waals surface area contributed by atoms with Crippen LogP contribution in [-0.2, 0) is 0 Å². The van der Waals surface area contributed by atoms with E-state index in [9.17, 15) is 5.11 Å². The van der Waals surface area contributed by atoms with E-state index >= 15 is 0 Å². The van der Waals surface area contributed by atoms with Crippen molar-refractivity contribution in [1.82, 2.24) is 9.80 Å². The van der Waals surface area contributed by atoms with E-state index in [-0.39, 0.29) is 6.10 Å². The minimum absolute atomic E-state index is 0.0631. The first-order valence-corrected chi connectivity index (χ1v) is 7.39. The number of nitrogens with zero attached hydrogens (tertiary/aromatic N) is 2. The van der Waals surface area contributed by atoms with Crippen molar-refractivity contribution in [3.05, 3.63) is 0 Å². The highest BCUT2D eigenvalue weighted by molar-refractivity contribution is 4.71. The van der Waals surface area contributed by atoms with Crippen LogP contribution in [0.4, 0.5) is 0 Å². The van der Waals surface area contributed by atoms with Crippen LogP contribution >= 0.6 is 0 Å². The van der Waals surface area contributed by atoms with E-state index in [0.29, 0.717) is 0 Å². The fourth-order valence-electron chi connectivity index (χ4n) is 2.46. The highest BCUT2D eigenvalue weighted by atomic mass is 16.3. The standard InChI is InChI=1S/C14H30N2O/c1-3-5-7-14(17)8-6-9-16-12-10-15(4-2)11-13-16/h14,17H,3-13H2,1-2H3/t14-/m1/s1. The molecule has 1 aliphatic rings. The van der Waals surface area contributed by atoms with E-state index in [2.05, 4.69) is 23.6 Å². The van der Waals surface area contributed by atoms with Crippen LogP contribution in [0, 0.1) is 0 Å². The molecule has 0 radical (unpaired) electrons. The molecule has 0 unspecified atom stereocenters. The number of hydrogen-bond acceptors (Lipinski definition) is 3. The zero-order valence-corrected chi connectivity index (χ0v) is 11.7. The largest absolute Gasteiger partial charge is 0.393 e. The summed E-state index contributed by atoms with van der Waals surface area (Å²) in [5, 5.41) is 9.76. The lowest BCUT2D eigenvalue weighted by atomic mass is 10.1. The van der Waals surface area contributed by atoms with Gasteiger partial charge in [0.2, 0.25) is 0 Å². The van der Waals surface area contributed by atoms with Gasteiger partial charge in [-0.3, -0.25) is 0 Å². The summed E-state index contributed by atoms with van der Waals surface area (Å²) in [6, 6.07) is 0. The van der Waals surface area contributed by atoms with Gasteiger partial charge >= 0.3 is 0 Å². The fraction of sp³-hybridized carbons (Fsp3) is 1.00. The Morgan fingerprint density at radius 1 is 0.941 bits per heavy atom. The van der Waals surface area contributed by atoms with Gasteiger partial charge in [0.05, 0.1) is 6.10 Å². The molecule has 0 aromatic carbocycles. The summed E-state index contributed by atoms with van der Waals surface area (Å²) in [7, 11) is 0. The van der Waals surface area contributed by atoms with Gasteiger partial charge in [0.15, 0.2) is 0 Å². The molecule has 0 spiro atoms. The maximum atomic E-state index is 9.76. The molecule has 1 atom stereocenters. The third-order valence-corrected chi connectivity index (χ3v) is 3.81. The number of rotatable bonds is 8. The zero-order valence-electron chi connectivity index (χ0n) is 11.7. The van der Waals surface area contributed by atoms with Gasteiger partial charge in [0, 0.05) is 26.2 Å². The van der Waals surface area contributed by atoms with E-state index in [4.69, 9.17) is 0 Å². The Hall–Kier alpha value is -0.120. The van der Waals surface area contributed by atoms with E-state index in [0.717, 1.165) is 25.7 Å². The number of hydrogen-bond donors (Lipinski definition) is 1. The molecular formula is C14H30N2O. The van der Waals surface area contributed by atoms with E-state index in [1.807, 2.05) is 0 Å². The minimum atomic E-state index is -0.0631. The maximum absolute atomic E-state index is 9.76. The van der Waals surface area contributed by atoms with Crippen molar-refractivity contribution in [3.8, 4) is 0 Å². The molecule has 102 valence electrons. The fourth-order valence-corrected chi connectivity index (χ4v) is 2.46. The Morgan fingerprint density at radius 3 is 2.12 bits per heavy atom. The summed E-state index contributed by atoms with van der Waals surface area (Å²) < 4.78 is 0. The summed E-state index contributed by atoms with van der Waals surface area (Å²) in [5.74, 6) is 0. The van der Waals surface area contributed by atoms with Crippen LogP contribution in [0.25, 0.3) is 0 Å². The van der Waals surface area contributed by atoms with Crippen LogP contribution in [0.1, 0.15) is 46.0 Å². The Labute approximate surface area is 107 Å². The first kappa shape index (κ1) is 14.9. The number of piperazine rings is 1. The molecular weight excluding hydrogens is 212 g/mol. The van der Waals surface area contributed by atoms with Gasteiger partial charge < -0.3 is 14.9 Å². The Bertz CT molecular complexity index is 179. The Kier molecular flexibility index (Phi) is 7.82. The minimum Gasteiger partial charge on any atom is -0.393 e. The smallest absolute Gasteiger partial charge is 0.0540 e. The summed E-state index contributed by atoms with van der Waals surface area (Å²) >= 11 is 0. The number of likely N-dealkylation sites (N-methyl/N-ethyl adjacent to an activating group) is 1. The van der Waals surface area contributed by atoms with Gasteiger partial charge in [-0.1, -0.05) is 26.7 Å². The first-order valence-electron chi connectivity index (χ1n) is 7.39. The molecule has 1 fully saturated rings. The summed E-state index contributed by atoms with van der Waals surface area (Å²) in [4.78, 5) is 5.05. The van der Waals surface area contributed by atoms with Crippen molar-refractivity contribution in [1.29, 1.82) is 0 Å². The highest BCUT2D eigenvalue weighted by Crippen LogP contribution is 2.08. The van der Waals surface area contributed by atoms with E-state index in [1.54, 1.807) is 0 Å². The quantitative estimate of drug-likeness (QED) is 0.705. The zero-order chi connectivity index (χ0) is 12.5. The lowest BCUT2D eigenvalue weighted by Gasteiger charge is -2.34. The van der Waals surface area contributed by atoms with Crippen LogP contribution in [0.15, 0.2) is 0 Å². The third kappa shape index (κ3) is 6.39. The lowest BCUT2D eigenvalue weighted by molar-refractivity contribution is 0.117. The number of aliphatic hydroxyl groups is 1. The first-order chi connectivity index (χ1) is 8.26. The molecule has 1 N–H and O–H groups in total. The van der Waals surface area contributed by atoms with Gasteiger partial charge in [-0.15, -0.1) is 0 Å². The van der Waals surface area contributed by atoms with Crippen LogP contribution in [0.2, 0.25) is 0 Å². The average Bonchev–Trinajstić information content (AvgIpc) is 2.37. The van der Waals surface area contributed by atoms with E-state index in [1.165, 1.54) is 45.7 Å². The van der Waals surface area contributed by atoms with Crippen molar-refractivity contribution < 1.29 is 5.11 Å². The predicted molar refractivity (Wildman–Crippen MR) is 73.3 cm³/mol. The lowest BCUT2D eigenvalue weighted by Crippen LogP contribution is -2.46. The van der Waals surface area contributed by atoms with Crippen LogP contribution in [-0.4, -0.2) is 60.3 Å². The Morgan fingerprint density at radius 2 is 1.53 bits per heavy atom. The molecule has 0 aromatic heterocycles. The number of aliphatic hydroxyl groups excluding tert-OH is 1. The van der Waals surface area contributed by atoms with Gasteiger partial charge in [-0.05, 0) is 32.4 Å². The second-order valence-electron chi connectivity index (χ2n) is 5.21. The van der Waals surface area contributed by atoms with E-state index < -0.39 is 0 Å². The second kappa shape index (κ2) is 8.90. The monoisotopic (exact) mass is 242 g/mol. The molecule has 0 amide bonds. The van der Waals surface area contributed by atoms with Gasteiger partial charge in [-0.25, -0.2) is 0 Å². The van der Waals surface area contributed by atoms with Gasteiger partial charge in [-0.2, -0.15) is 0 Å². The molecule has 1 rings (SSSR count). The van der Waals surface area contributed by atoms with Crippen LogP contribution in [0.5, 0.6) is 0 Å². The molecule has 3 nitrogen and oxygen atoms in total. The van der Waals surface area contributed by atoms with Crippen LogP contribution < -0.4 is 0 Å². The van der Waals surface area contributed by atoms with Crippen molar-refractivity contribution >= 4 is 0 Å². The topological polar surface area (TPSA) is 26.7 Å². The Balaban J connectivity index is 1.99. The molecule has 17 heavy (non-hydrogen) atoms. The van der Waals surface area contributed by atoms with Crippen molar-refractivity contribution in [2.75, 3.05) is 39.3 Å². The van der Waals surface area contributed by atoms with Crippen molar-refractivity contribution in [2.24, 2.45) is 0 Å². The van der Waals surface area contributed by atoms with Crippen molar-refractivity contribution in [3.63, 3.8) is 0 Å². The maximum Gasteiger partial charge on any atom is 0.0540 e.